The summed E-state index contributed by atoms with van der Waals surface area (Å²) in [5, 5.41) is 0. The van der Waals surface area contributed by atoms with E-state index in [1.165, 1.54) is 21.9 Å². The summed E-state index contributed by atoms with van der Waals surface area (Å²) in [6.45, 7) is 0.710. The van der Waals surface area contributed by atoms with Gasteiger partial charge in [-0.1, -0.05) is 12.1 Å². The van der Waals surface area contributed by atoms with Crippen molar-refractivity contribution in [3.63, 3.8) is 0 Å². The summed E-state index contributed by atoms with van der Waals surface area (Å²) in [4.78, 5) is 26.7. The molecule has 0 radical (unpaired) electrons. The molecule has 1 saturated heterocycles. The molecule has 1 aromatic carbocycles. The smallest absolute Gasteiger partial charge is 0.340 e. The Kier molecular flexibility index (Phi) is 5.80. The number of carbonyl (C=O) groups is 2. The molecule has 0 aliphatic carbocycles. The van der Waals surface area contributed by atoms with Crippen molar-refractivity contribution in [2.45, 2.75) is 32.0 Å². The van der Waals surface area contributed by atoms with Gasteiger partial charge in [0.05, 0.1) is 6.42 Å². The number of benzene rings is 1. The molecule has 132 valence electrons. The minimum absolute atomic E-state index is 0.0487. The number of hydrogen-bond acceptors (Lipinski definition) is 2. The van der Waals surface area contributed by atoms with Gasteiger partial charge in [0, 0.05) is 39.0 Å². The quantitative estimate of drug-likeness (QED) is 0.787. The van der Waals surface area contributed by atoms with Gasteiger partial charge < -0.3 is 9.80 Å². The first-order valence-corrected chi connectivity index (χ1v) is 7.61. The summed E-state index contributed by atoms with van der Waals surface area (Å²) in [7, 11) is 0. The van der Waals surface area contributed by atoms with Crippen molar-refractivity contribution >= 4 is 11.8 Å². The second-order valence-corrected chi connectivity index (χ2v) is 5.69. The third kappa shape index (κ3) is 5.50. The first-order valence-electron chi connectivity index (χ1n) is 7.61. The Labute approximate surface area is 137 Å². The van der Waals surface area contributed by atoms with E-state index in [1.807, 2.05) is 0 Å². The molecule has 1 fully saturated rings. The molecule has 8 heteroatoms. The Hall–Kier alpha value is -2.12. The Bertz CT molecular complexity index is 604. The monoisotopic (exact) mass is 346 g/mol. The zero-order valence-corrected chi connectivity index (χ0v) is 13.0. The Morgan fingerprint density at radius 3 is 2.58 bits per heavy atom. The zero-order valence-electron chi connectivity index (χ0n) is 13.0. The van der Waals surface area contributed by atoms with Crippen LogP contribution in [0.1, 0.15) is 24.8 Å². The lowest BCUT2D eigenvalue weighted by Crippen LogP contribution is -2.36. The summed E-state index contributed by atoms with van der Waals surface area (Å²) in [5.74, 6) is -1.21. The van der Waals surface area contributed by atoms with Gasteiger partial charge in [-0.2, -0.15) is 13.2 Å². The fraction of sp³-hybridized carbons (Fsp3) is 0.500. The lowest BCUT2D eigenvalue weighted by atomic mass is 10.2. The topological polar surface area (TPSA) is 40.6 Å². The van der Waals surface area contributed by atoms with E-state index in [-0.39, 0.29) is 38.5 Å². The SMILES string of the molecule is O=C(CCC(F)(F)F)N1CCC(=O)N(Cc2cccc(F)c2)CC1. The highest BCUT2D eigenvalue weighted by molar-refractivity contribution is 5.80. The molecule has 0 unspecified atom stereocenters. The summed E-state index contributed by atoms with van der Waals surface area (Å²) >= 11 is 0. The minimum atomic E-state index is -4.37. The van der Waals surface area contributed by atoms with Crippen LogP contribution in [-0.2, 0) is 16.1 Å². The van der Waals surface area contributed by atoms with Gasteiger partial charge in [0.15, 0.2) is 0 Å². The second-order valence-electron chi connectivity index (χ2n) is 5.69. The normalized spacial score (nSPS) is 16.2. The molecule has 1 aliphatic heterocycles. The van der Waals surface area contributed by atoms with Gasteiger partial charge in [-0.15, -0.1) is 0 Å². The first-order chi connectivity index (χ1) is 11.2. The van der Waals surface area contributed by atoms with Crippen molar-refractivity contribution in [3.05, 3.63) is 35.6 Å². The minimum Gasteiger partial charge on any atom is -0.340 e. The number of carbonyl (C=O) groups excluding carboxylic acids is 2. The van der Waals surface area contributed by atoms with Gasteiger partial charge in [0.1, 0.15) is 5.82 Å². The summed E-state index contributed by atoms with van der Waals surface area (Å²) < 4.78 is 49.8. The lowest BCUT2D eigenvalue weighted by Gasteiger charge is -2.22. The van der Waals surface area contributed by atoms with Crippen LogP contribution in [0.15, 0.2) is 24.3 Å². The molecule has 0 saturated carbocycles. The van der Waals surface area contributed by atoms with E-state index >= 15 is 0 Å². The molecule has 4 nitrogen and oxygen atoms in total. The molecule has 0 spiro atoms. The van der Waals surface area contributed by atoms with Gasteiger partial charge in [-0.3, -0.25) is 9.59 Å². The highest BCUT2D eigenvalue weighted by Gasteiger charge is 2.30. The van der Waals surface area contributed by atoms with E-state index in [0.29, 0.717) is 5.56 Å². The van der Waals surface area contributed by atoms with Crippen molar-refractivity contribution in [1.29, 1.82) is 0 Å². The van der Waals surface area contributed by atoms with Crippen LogP contribution in [0.25, 0.3) is 0 Å². The predicted molar refractivity (Wildman–Crippen MR) is 78.3 cm³/mol. The molecule has 1 aliphatic rings. The number of rotatable bonds is 4. The van der Waals surface area contributed by atoms with Crippen LogP contribution >= 0.6 is 0 Å². The molecular formula is C16H18F4N2O2. The molecule has 0 atom stereocenters. The number of alkyl halides is 3. The Morgan fingerprint density at radius 2 is 1.92 bits per heavy atom. The van der Waals surface area contributed by atoms with Crippen LogP contribution in [0, 0.1) is 5.82 Å². The third-order valence-electron chi connectivity index (χ3n) is 3.83. The maximum atomic E-state index is 13.2. The lowest BCUT2D eigenvalue weighted by molar-refractivity contribution is -0.149. The Balaban J connectivity index is 1.92. The molecule has 2 amide bonds. The van der Waals surface area contributed by atoms with Crippen molar-refractivity contribution in [3.8, 4) is 0 Å². The average molecular weight is 346 g/mol. The van der Waals surface area contributed by atoms with E-state index in [9.17, 15) is 27.2 Å². The van der Waals surface area contributed by atoms with Crippen LogP contribution in [0.2, 0.25) is 0 Å². The van der Waals surface area contributed by atoms with Gasteiger partial charge in [0.25, 0.3) is 0 Å². The number of hydrogen-bond donors (Lipinski definition) is 0. The van der Waals surface area contributed by atoms with Gasteiger partial charge in [-0.05, 0) is 17.7 Å². The maximum absolute atomic E-state index is 13.2. The van der Waals surface area contributed by atoms with Crippen molar-refractivity contribution in [2.24, 2.45) is 0 Å². The van der Waals surface area contributed by atoms with E-state index < -0.39 is 30.7 Å². The highest BCUT2D eigenvalue weighted by Crippen LogP contribution is 2.22. The van der Waals surface area contributed by atoms with Crippen LogP contribution in [0.5, 0.6) is 0 Å². The molecular weight excluding hydrogens is 328 g/mol. The molecule has 24 heavy (non-hydrogen) atoms. The van der Waals surface area contributed by atoms with Gasteiger partial charge in [0.2, 0.25) is 11.8 Å². The summed E-state index contributed by atoms with van der Waals surface area (Å²) in [6, 6.07) is 5.85. The third-order valence-corrected chi connectivity index (χ3v) is 3.83. The number of halogens is 4. The van der Waals surface area contributed by atoms with Crippen molar-refractivity contribution < 1.29 is 27.2 Å². The summed E-state index contributed by atoms with van der Waals surface area (Å²) in [5.41, 5.74) is 0.625. The fourth-order valence-corrected chi connectivity index (χ4v) is 2.55. The van der Waals surface area contributed by atoms with Crippen LogP contribution in [0.4, 0.5) is 17.6 Å². The molecule has 2 rings (SSSR count). The molecule has 1 aromatic rings. The average Bonchev–Trinajstić information content (AvgIpc) is 2.67. The largest absolute Gasteiger partial charge is 0.389 e. The van der Waals surface area contributed by atoms with Crippen LogP contribution in [0.3, 0.4) is 0 Å². The molecule has 0 aromatic heterocycles. The summed E-state index contributed by atoms with van der Waals surface area (Å²) in [6.07, 6.45) is -6.10. The van der Waals surface area contributed by atoms with Crippen LogP contribution in [-0.4, -0.2) is 47.4 Å². The van der Waals surface area contributed by atoms with E-state index in [0.717, 1.165) is 0 Å². The van der Waals surface area contributed by atoms with E-state index in [4.69, 9.17) is 0 Å². The van der Waals surface area contributed by atoms with Gasteiger partial charge in [-0.25, -0.2) is 4.39 Å². The number of amides is 2. The first kappa shape index (κ1) is 18.2. The zero-order chi connectivity index (χ0) is 17.7. The molecule has 0 bridgehead atoms. The van der Waals surface area contributed by atoms with Crippen molar-refractivity contribution in [2.75, 3.05) is 19.6 Å². The molecule has 0 N–H and O–H groups in total. The fourth-order valence-electron chi connectivity index (χ4n) is 2.55. The second kappa shape index (κ2) is 7.63. The number of nitrogens with zero attached hydrogens (tertiary/aromatic N) is 2. The Morgan fingerprint density at radius 1 is 1.17 bits per heavy atom. The highest BCUT2D eigenvalue weighted by atomic mass is 19.4. The van der Waals surface area contributed by atoms with E-state index in [2.05, 4.69) is 0 Å². The van der Waals surface area contributed by atoms with Gasteiger partial charge >= 0.3 is 6.18 Å². The van der Waals surface area contributed by atoms with Crippen LogP contribution < -0.4 is 0 Å². The molecule has 1 heterocycles. The standard InChI is InChI=1S/C16H18F4N2O2/c17-13-3-1-2-12(10-13)11-22-9-8-21(7-5-15(22)24)14(23)4-6-16(18,19)20/h1-3,10H,4-9,11H2. The maximum Gasteiger partial charge on any atom is 0.389 e. The predicted octanol–water partition coefficient (Wildman–Crippen LogP) is 2.73. The van der Waals surface area contributed by atoms with Crippen molar-refractivity contribution in [1.82, 2.24) is 9.80 Å². The van der Waals surface area contributed by atoms with E-state index in [1.54, 1.807) is 12.1 Å².